The zero-order valence-electron chi connectivity index (χ0n) is 18.2. The van der Waals surface area contributed by atoms with E-state index in [0.717, 1.165) is 16.2 Å². The van der Waals surface area contributed by atoms with Gasteiger partial charge in [0.25, 0.3) is 5.91 Å². The van der Waals surface area contributed by atoms with Crippen molar-refractivity contribution in [2.24, 2.45) is 0 Å². The smallest absolute Gasteiger partial charge is 0.255 e. The van der Waals surface area contributed by atoms with E-state index in [1.807, 2.05) is 23.9 Å². The molecule has 2 fully saturated rings. The van der Waals surface area contributed by atoms with Gasteiger partial charge in [0.15, 0.2) is 0 Å². The predicted molar refractivity (Wildman–Crippen MR) is 122 cm³/mol. The maximum atomic E-state index is 12.9. The molecule has 0 aromatic heterocycles. The molecule has 3 heterocycles. The Hall–Kier alpha value is -1.86. The summed E-state index contributed by atoms with van der Waals surface area (Å²) in [6, 6.07) is 5.33. The Morgan fingerprint density at radius 1 is 1.00 bits per heavy atom. The number of hydrogen-bond acceptors (Lipinski definition) is 5. The first kappa shape index (κ1) is 22.3. The van der Waals surface area contributed by atoms with E-state index in [-0.39, 0.29) is 24.1 Å². The maximum Gasteiger partial charge on any atom is 0.255 e. The monoisotopic (exact) mass is 443 g/mol. The molecule has 1 aromatic carbocycles. The van der Waals surface area contributed by atoms with Gasteiger partial charge in [-0.05, 0) is 75.2 Å². The highest BCUT2D eigenvalue weighted by atomic mass is 32.2. The predicted octanol–water partition coefficient (Wildman–Crippen LogP) is 3.59. The van der Waals surface area contributed by atoms with Gasteiger partial charge in [0, 0.05) is 23.4 Å². The van der Waals surface area contributed by atoms with Gasteiger partial charge in [-0.15, -0.1) is 11.8 Å². The van der Waals surface area contributed by atoms with Crippen molar-refractivity contribution < 1.29 is 14.4 Å². The summed E-state index contributed by atoms with van der Waals surface area (Å²) in [6.45, 7) is 4.27. The molecule has 3 aliphatic heterocycles. The summed E-state index contributed by atoms with van der Waals surface area (Å²) in [6.07, 6.45) is 9.82. The topological polar surface area (TPSA) is 69.7 Å². The number of piperidine rings is 2. The van der Waals surface area contributed by atoms with E-state index in [2.05, 4.69) is 16.3 Å². The molecule has 1 aromatic rings. The quantitative estimate of drug-likeness (QED) is 0.359. The molecule has 31 heavy (non-hydrogen) atoms. The first-order valence-electron chi connectivity index (χ1n) is 11.7. The van der Waals surface area contributed by atoms with Crippen LogP contribution in [0.25, 0.3) is 0 Å². The van der Waals surface area contributed by atoms with E-state index in [1.54, 1.807) is 4.90 Å². The number of rotatable bonds is 9. The molecule has 1 N–H and O–H groups in total. The zero-order valence-corrected chi connectivity index (χ0v) is 19.1. The van der Waals surface area contributed by atoms with Crippen LogP contribution in [0.2, 0.25) is 0 Å². The fraction of sp³-hybridized carbons (Fsp3) is 0.625. The third kappa shape index (κ3) is 5.50. The lowest BCUT2D eigenvalue weighted by Gasteiger charge is -2.29. The van der Waals surface area contributed by atoms with Gasteiger partial charge in [-0.2, -0.15) is 0 Å². The number of likely N-dealkylation sites (tertiary alicyclic amines) is 1. The van der Waals surface area contributed by atoms with Crippen LogP contribution in [0.5, 0.6) is 0 Å². The van der Waals surface area contributed by atoms with Crippen molar-refractivity contribution in [1.29, 1.82) is 0 Å². The third-order valence-corrected chi connectivity index (χ3v) is 7.80. The Balaban J connectivity index is 1.23. The van der Waals surface area contributed by atoms with Crippen molar-refractivity contribution in [2.45, 2.75) is 75.3 Å². The summed E-state index contributed by atoms with van der Waals surface area (Å²) < 4.78 is 0. The minimum absolute atomic E-state index is 0.0929. The minimum Gasteiger partial charge on any atom is -0.322 e. The SMILES string of the molecule is O=C1CCC(N2Cc3c(SCCCCCCN4CCCCC4)cccc3C2=O)C(=O)N1. The second kappa shape index (κ2) is 10.6. The number of nitrogens with zero attached hydrogens (tertiary/aromatic N) is 2. The Bertz CT molecular complexity index is 822. The van der Waals surface area contributed by atoms with E-state index in [0.29, 0.717) is 18.5 Å². The molecule has 2 saturated heterocycles. The number of hydrogen-bond donors (Lipinski definition) is 1. The van der Waals surface area contributed by atoms with Crippen LogP contribution in [0.15, 0.2) is 23.1 Å². The first-order valence-corrected chi connectivity index (χ1v) is 12.7. The van der Waals surface area contributed by atoms with E-state index in [9.17, 15) is 14.4 Å². The van der Waals surface area contributed by atoms with Gasteiger partial charge < -0.3 is 9.80 Å². The van der Waals surface area contributed by atoms with Gasteiger partial charge in [0.05, 0.1) is 0 Å². The normalized spacial score (nSPS) is 22.0. The Morgan fingerprint density at radius 2 is 1.81 bits per heavy atom. The molecule has 1 unspecified atom stereocenters. The van der Waals surface area contributed by atoms with Crippen LogP contribution in [-0.2, 0) is 16.1 Å². The van der Waals surface area contributed by atoms with Gasteiger partial charge in [-0.25, -0.2) is 0 Å². The van der Waals surface area contributed by atoms with Crippen LogP contribution in [-0.4, -0.2) is 59.0 Å². The highest BCUT2D eigenvalue weighted by Crippen LogP contribution is 2.34. The van der Waals surface area contributed by atoms with Gasteiger partial charge in [0.2, 0.25) is 11.8 Å². The lowest BCUT2D eigenvalue weighted by atomic mass is 10.0. The zero-order chi connectivity index (χ0) is 21.6. The average Bonchev–Trinajstić information content (AvgIpc) is 3.11. The van der Waals surface area contributed by atoms with Gasteiger partial charge >= 0.3 is 0 Å². The fourth-order valence-electron chi connectivity index (χ4n) is 4.85. The molecule has 0 bridgehead atoms. The molecule has 7 heteroatoms. The summed E-state index contributed by atoms with van der Waals surface area (Å²) in [5.41, 5.74) is 1.74. The molecule has 0 spiro atoms. The molecule has 6 nitrogen and oxygen atoms in total. The largest absolute Gasteiger partial charge is 0.322 e. The minimum atomic E-state index is -0.546. The van der Waals surface area contributed by atoms with E-state index in [1.165, 1.54) is 64.6 Å². The highest BCUT2D eigenvalue weighted by molar-refractivity contribution is 7.99. The number of carbonyl (C=O) groups is 3. The molecule has 168 valence electrons. The first-order chi connectivity index (χ1) is 15.1. The molecule has 0 saturated carbocycles. The van der Waals surface area contributed by atoms with Gasteiger partial charge in [-0.1, -0.05) is 25.3 Å². The van der Waals surface area contributed by atoms with Gasteiger partial charge in [-0.3, -0.25) is 19.7 Å². The van der Waals surface area contributed by atoms with Crippen LogP contribution in [0.3, 0.4) is 0 Å². The van der Waals surface area contributed by atoms with E-state index in [4.69, 9.17) is 0 Å². The van der Waals surface area contributed by atoms with E-state index < -0.39 is 6.04 Å². The molecular weight excluding hydrogens is 410 g/mol. The Labute approximate surface area is 189 Å². The van der Waals surface area contributed by atoms with Crippen LogP contribution in [0, 0.1) is 0 Å². The van der Waals surface area contributed by atoms with Crippen LogP contribution < -0.4 is 5.32 Å². The second-order valence-corrected chi connectivity index (χ2v) is 9.98. The van der Waals surface area contributed by atoms with Crippen molar-refractivity contribution in [3.8, 4) is 0 Å². The van der Waals surface area contributed by atoms with Gasteiger partial charge in [0.1, 0.15) is 6.04 Å². The Kier molecular flexibility index (Phi) is 7.67. The van der Waals surface area contributed by atoms with Crippen molar-refractivity contribution >= 4 is 29.5 Å². The second-order valence-electron chi connectivity index (χ2n) is 8.85. The molecular formula is C24H33N3O3S. The number of nitrogens with one attached hydrogen (secondary N) is 1. The molecule has 4 rings (SSSR count). The van der Waals surface area contributed by atoms with Crippen LogP contribution in [0.1, 0.15) is 73.7 Å². The highest BCUT2D eigenvalue weighted by Gasteiger charge is 2.39. The molecule has 0 radical (unpaired) electrons. The van der Waals surface area contributed by atoms with Crippen molar-refractivity contribution in [2.75, 3.05) is 25.4 Å². The lowest BCUT2D eigenvalue weighted by molar-refractivity contribution is -0.136. The number of amides is 3. The van der Waals surface area contributed by atoms with Crippen LogP contribution >= 0.6 is 11.8 Å². The summed E-state index contributed by atoms with van der Waals surface area (Å²) in [5, 5.41) is 2.37. The standard InChI is InChI=1S/C24H33N3O3S/c28-22-12-11-20(23(29)25-22)27-17-19-18(24(27)30)9-8-10-21(19)31-16-7-2-1-4-13-26-14-5-3-6-15-26/h8-10,20H,1-7,11-17H2,(H,25,28,29). The number of carbonyl (C=O) groups excluding carboxylic acids is 3. The fourth-order valence-corrected chi connectivity index (χ4v) is 5.94. The number of unbranched alkanes of at least 4 members (excludes halogenated alkanes) is 3. The van der Waals surface area contributed by atoms with Crippen molar-refractivity contribution in [1.82, 2.24) is 15.1 Å². The summed E-state index contributed by atoms with van der Waals surface area (Å²) >= 11 is 1.82. The number of fused-ring (bicyclic) bond motifs is 1. The molecule has 1 atom stereocenters. The molecule has 0 aliphatic carbocycles. The van der Waals surface area contributed by atoms with Crippen LogP contribution in [0.4, 0.5) is 0 Å². The summed E-state index contributed by atoms with van der Waals surface area (Å²) in [5.74, 6) is 0.352. The van der Waals surface area contributed by atoms with Crippen molar-refractivity contribution in [3.05, 3.63) is 29.3 Å². The number of benzene rings is 1. The number of thioether (sulfide) groups is 1. The molecule has 3 aliphatic rings. The third-order valence-electron chi connectivity index (χ3n) is 6.61. The Morgan fingerprint density at radius 3 is 2.61 bits per heavy atom. The van der Waals surface area contributed by atoms with Crippen molar-refractivity contribution in [3.63, 3.8) is 0 Å². The summed E-state index contributed by atoms with van der Waals surface area (Å²) in [4.78, 5) is 42.0. The summed E-state index contributed by atoms with van der Waals surface area (Å²) in [7, 11) is 0. The lowest BCUT2D eigenvalue weighted by Crippen LogP contribution is -2.52. The van der Waals surface area contributed by atoms with E-state index >= 15 is 0 Å². The average molecular weight is 444 g/mol. The number of imide groups is 1. The maximum absolute atomic E-state index is 12.9. The molecule has 3 amide bonds.